The number of rotatable bonds is 3. The fourth-order valence-electron chi connectivity index (χ4n) is 4.20. The molecule has 0 aromatic heterocycles. The van der Waals surface area contributed by atoms with E-state index in [0.717, 1.165) is 25.2 Å². The molecule has 0 bridgehead atoms. The number of hydrogen-bond acceptors (Lipinski definition) is 1. The Morgan fingerprint density at radius 2 is 2.00 bits per heavy atom. The molecule has 1 aromatic rings. The van der Waals surface area contributed by atoms with Crippen molar-refractivity contribution in [1.29, 1.82) is 0 Å². The summed E-state index contributed by atoms with van der Waals surface area (Å²) in [5.41, 5.74) is 2.93. The van der Waals surface area contributed by atoms with E-state index in [0.29, 0.717) is 17.6 Å². The summed E-state index contributed by atoms with van der Waals surface area (Å²) in [6, 6.07) is 8.75. The number of Topliss-reactive ketones (excluding diaryl/α,β-unsaturated/α-hetero) is 1. The Bertz CT molecular complexity index is 476. The van der Waals surface area contributed by atoms with E-state index >= 15 is 0 Å². The summed E-state index contributed by atoms with van der Waals surface area (Å²) in [4.78, 5) is 12.6. The second-order valence-corrected chi connectivity index (χ2v) is 6.93. The predicted molar refractivity (Wildman–Crippen MR) is 82.9 cm³/mol. The summed E-state index contributed by atoms with van der Waals surface area (Å²) in [7, 11) is 0. The highest BCUT2D eigenvalue weighted by Gasteiger charge is 2.28. The Labute approximate surface area is 122 Å². The van der Waals surface area contributed by atoms with Gasteiger partial charge in [-0.3, -0.25) is 4.79 Å². The quantitative estimate of drug-likeness (QED) is 0.764. The summed E-state index contributed by atoms with van der Waals surface area (Å²) < 4.78 is 0. The molecule has 0 heterocycles. The van der Waals surface area contributed by atoms with E-state index < -0.39 is 0 Å². The van der Waals surface area contributed by atoms with Crippen LogP contribution < -0.4 is 0 Å². The maximum absolute atomic E-state index is 12.6. The minimum Gasteiger partial charge on any atom is -0.299 e. The van der Waals surface area contributed by atoms with E-state index in [1.165, 1.54) is 43.2 Å². The van der Waals surface area contributed by atoms with Crippen LogP contribution in [-0.4, -0.2) is 5.78 Å². The van der Waals surface area contributed by atoms with Gasteiger partial charge in [-0.2, -0.15) is 0 Å². The molecule has 0 aliphatic heterocycles. The topological polar surface area (TPSA) is 17.1 Å². The third-order valence-corrected chi connectivity index (χ3v) is 5.33. The predicted octanol–water partition coefficient (Wildman–Crippen LogP) is 4.89. The first-order valence-electron chi connectivity index (χ1n) is 8.34. The molecular formula is C19H26O. The lowest BCUT2D eigenvalue weighted by Crippen LogP contribution is -2.24. The second-order valence-electron chi connectivity index (χ2n) is 6.93. The van der Waals surface area contributed by atoms with E-state index in [4.69, 9.17) is 0 Å². The van der Waals surface area contributed by atoms with Crippen molar-refractivity contribution in [2.45, 2.75) is 64.2 Å². The van der Waals surface area contributed by atoms with Gasteiger partial charge in [0.2, 0.25) is 0 Å². The molecule has 0 N–H and O–H groups in total. The number of ketones is 1. The van der Waals surface area contributed by atoms with E-state index in [1.54, 1.807) is 0 Å². The van der Waals surface area contributed by atoms with Crippen molar-refractivity contribution >= 4 is 5.78 Å². The minimum absolute atomic E-state index is 0.354. The van der Waals surface area contributed by atoms with Crippen LogP contribution in [0.3, 0.4) is 0 Å². The first-order valence-corrected chi connectivity index (χ1v) is 8.34. The number of benzene rings is 1. The van der Waals surface area contributed by atoms with Crippen molar-refractivity contribution < 1.29 is 4.79 Å². The molecule has 3 rings (SSSR count). The van der Waals surface area contributed by atoms with Crippen LogP contribution in [0, 0.1) is 11.8 Å². The first kappa shape index (κ1) is 13.9. The maximum atomic E-state index is 12.6. The van der Waals surface area contributed by atoms with Crippen LogP contribution in [0.5, 0.6) is 0 Å². The Kier molecular flexibility index (Phi) is 4.24. The summed E-state index contributed by atoms with van der Waals surface area (Å²) in [5.74, 6) is 2.13. The highest BCUT2D eigenvalue weighted by atomic mass is 16.1. The zero-order valence-corrected chi connectivity index (χ0v) is 12.6. The Hall–Kier alpha value is -1.11. The van der Waals surface area contributed by atoms with Crippen LogP contribution in [0.4, 0.5) is 0 Å². The number of carbonyl (C=O) groups is 1. The molecule has 20 heavy (non-hydrogen) atoms. The molecule has 2 aliphatic carbocycles. The minimum atomic E-state index is 0.354. The third kappa shape index (κ3) is 2.97. The van der Waals surface area contributed by atoms with Gasteiger partial charge in [0.25, 0.3) is 0 Å². The van der Waals surface area contributed by atoms with Crippen LogP contribution in [0.2, 0.25) is 0 Å². The van der Waals surface area contributed by atoms with E-state index in [9.17, 15) is 4.79 Å². The van der Waals surface area contributed by atoms with Gasteiger partial charge in [-0.1, -0.05) is 44.0 Å². The summed E-state index contributed by atoms with van der Waals surface area (Å²) in [6.45, 7) is 2.30. The SMILES string of the molecule is CC1CCCC(C(=O)CC2CCCc3ccccc32)C1. The van der Waals surface area contributed by atoms with Gasteiger partial charge < -0.3 is 0 Å². The largest absolute Gasteiger partial charge is 0.299 e. The van der Waals surface area contributed by atoms with Gasteiger partial charge in [-0.25, -0.2) is 0 Å². The average Bonchev–Trinajstić information content (AvgIpc) is 2.47. The van der Waals surface area contributed by atoms with Gasteiger partial charge >= 0.3 is 0 Å². The Balaban J connectivity index is 1.68. The molecule has 1 saturated carbocycles. The van der Waals surface area contributed by atoms with E-state index in [2.05, 4.69) is 31.2 Å². The third-order valence-electron chi connectivity index (χ3n) is 5.33. The zero-order chi connectivity index (χ0) is 13.9. The highest BCUT2D eigenvalue weighted by Crippen LogP contribution is 2.37. The van der Waals surface area contributed by atoms with Crippen LogP contribution in [0.25, 0.3) is 0 Å². The second kappa shape index (κ2) is 6.11. The maximum Gasteiger partial charge on any atom is 0.136 e. The molecule has 2 aliphatic rings. The molecule has 0 spiro atoms. The smallest absolute Gasteiger partial charge is 0.136 e. The molecule has 108 valence electrons. The molecule has 1 heteroatoms. The van der Waals surface area contributed by atoms with E-state index in [-0.39, 0.29) is 0 Å². The molecule has 0 radical (unpaired) electrons. The normalized spacial score (nSPS) is 29.8. The number of hydrogen-bond donors (Lipinski definition) is 0. The Morgan fingerprint density at radius 1 is 1.15 bits per heavy atom. The van der Waals surface area contributed by atoms with Crippen molar-refractivity contribution in [1.82, 2.24) is 0 Å². The number of aryl methyl sites for hydroxylation is 1. The lowest BCUT2D eigenvalue weighted by molar-refractivity contribution is -0.124. The van der Waals surface area contributed by atoms with Gasteiger partial charge in [0.05, 0.1) is 0 Å². The van der Waals surface area contributed by atoms with Crippen LogP contribution in [0.1, 0.15) is 68.9 Å². The van der Waals surface area contributed by atoms with Gasteiger partial charge in [-0.05, 0) is 55.1 Å². The van der Waals surface area contributed by atoms with Crippen LogP contribution >= 0.6 is 0 Å². The summed E-state index contributed by atoms with van der Waals surface area (Å²) >= 11 is 0. The lowest BCUT2D eigenvalue weighted by atomic mass is 9.75. The monoisotopic (exact) mass is 270 g/mol. The lowest BCUT2D eigenvalue weighted by Gasteiger charge is -2.29. The molecule has 3 atom stereocenters. The van der Waals surface area contributed by atoms with E-state index in [1.807, 2.05) is 0 Å². The fourth-order valence-corrected chi connectivity index (χ4v) is 4.20. The van der Waals surface area contributed by atoms with Crippen molar-refractivity contribution in [3.63, 3.8) is 0 Å². The van der Waals surface area contributed by atoms with Gasteiger partial charge in [-0.15, -0.1) is 0 Å². The standard InChI is InChI=1S/C19H26O/c1-14-6-4-10-17(12-14)19(20)13-16-9-5-8-15-7-2-3-11-18(15)16/h2-3,7,11,14,16-17H,4-6,8-10,12-13H2,1H3. The Morgan fingerprint density at radius 3 is 2.85 bits per heavy atom. The van der Waals surface area contributed by atoms with Crippen molar-refractivity contribution in [2.24, 2.45) is 11.8 Å². The summed E-state index contributed by atoms with van der Waals surface area (Å²) in [5, 5.41) is 0. The number of carbonyl (C=O) groups excluding carboxylic acids is 1. The molecule has 3 unspecified atom stereocenters. The summed E-state index contributed by atoms with van der Waals surface area (Å²) in [6.07, 6.45) is 9.26. The molecular weight excluding hydrogens is 244 g/mol. The highest BCUT2D eigenvalue weighted by molar-refractivity contribution is 5.82. The van der Waals surface area contributed by atoms with Crippen molar-refractivity contribution in [3.8, 4) is 0 Å². The fraction of sp³-hybridized carbons (Fsp3) is 0.632. The van der Waals surface area contributed by atoms with Crippen molar-refractivity contribution in [3.05, 3.63) is 35.4 Å². The van der Waals surface area contributed by atoms with Gasteiger partial charge in [0, 0.05) is 12.3 Å². The molecule has 1 nitrogen and oxygen atoms in total. The first-order chi connectivity index (χ1) is 9.74. The van der Waals surface area contributed by atoms with Gasteiger partial charge in [0.1, 0.15) is 5.78 Å². The molecule has 1 aromatic carbocycles. The van der Waals surface area contributed by atoms with Crippen molar-refractivity contribution in [2.75, 3.05) is 0 Å². The zero-order valence-electron chi connectivity index (χ0n) is 12.6. The molecule has 1 fully saturated rings. The molecule has 0 saturated heterocycles. The number of fused-ring (bicyclic) bond motifs is 1. The average molecular weight is 270 g/mol. The van der Waals surface area contributed by atoms with Crippen LogP contribution in [-0.2, 0) is 11.2 Å². The molecule has 0 amide bonds. The van der Waals surface area contributed by atoms with Crippen LogP contribution in [0.15, 0.2) is 24.3 Å². The van der Waals surface area contributed by atoms with Gasteiger partial charge in [0.15, 0.2) is 0 Å².